The van der Waals surface area contributed by atoms with Crippen molar-refractivity contribution >= 4 is 5.97 Å². The molecule has 0 bridgehead atoms. The van der Waals surface area contributed by atoms with Gasteiger partial charge in [0, 0.05) is 5.56 Å². The molecule has 0 amide bonds. The van der Waals surface area contributed by atoms with Gasteiger partial charge >= 0.3 is 5.97 Å². The molecule has 8 heteroatoms. The number of hydrogen-bond acceptors (Lipinski definition) is 3. The van der Waals surface area contributed by atoms with E-state index < -0.39 is 40.6 Å². The van der Waals surface area contributed by atoms with Crippen molar-refractivity contribution in [1.29, 1.82) is 5.26 Å². The fourth-order valence-corrected chi connectivity index (χ4v) is 2.20. The van der Waals surface area contributed by atoms with Gasteiger partial charge in [-0.25, -0.2) is 26.7 Å². The van der Waals surface area contributed by atoms with Gasteiger partial charge in [-0.15, -0.1) is 0 Å². The van der Waals surface area contributed by atoms with Crippen LogP contribution < -0.4 is 0 Å². The molecule has 2 aromatic carbocycles. The van der Waals surface area contributed by atoms with Gasteiger partial charge in [0.25, 0.3) is 0 Å². The maximum absolute atomic E-state index is 13.5. The third-order valence-corrected chi connectivity index (χ3v) is 3.60. The SMILES string of the molecule is N#Cc1ccc(C(=O)OCCCCc2c(F)c(F)c(F)c(F)c2F)cc1. The van der Waals surface area contributed by atoms with Gasteiger partial charge in [0.05, 0.1) is 23.8 Å². The van der Waals surface area contributed by atoms with Crippen molar-refractivity contribution in [2.45, 2.75) is 19.3 Å². The summed E-state index contributed by atoms with van der Waals surface area (Å²) in [6, 6.07) is 7.61. The molecule has 2 aromatic rings. The molecule has 3 nitrogen and oxygen atoms in total. The molecule has 0 aliphatic heterocycles. The van der Waals surface area contributed by atoms with Gasteiger partial charge in [0.15, 0.2) is 23.3 Å². The van der Waals surface area contributed by atoms with Crippen LogP contribution in [-0.2, 0) is 11.2 Å². The molecule has 0 aliphatic rings. The lowest BCUT2D eigenvalue weighted by Gasteiger charge is -2.08. The molecule has 0 fully saturated rings. The van der Waals surface area contributed by atoms with Crippen LogP contribution >= 0.6 is 0 Å². The number of esters is 1. The first-order valence-electron chi connectivity index (χ1n) is 7.54. The van der Waals surface area contributed by atoms with Crippen molar-refractivity contribution in [3.8, 4) is 6.07 Å². The third kappa shape index (κ3) is 4.17. The lowest BCUT2D eigenvalue weighted by Crippen LogP contribution is -2.09. The van der Waals surface area contributed by atoms with Gasteiger partial charge in [-0.05, 0) is 43.5 Å². The largest absolute Gasteiger partial charge is 0.462 e. The second kappa shape index (κ2) is 8.43. The lowest BCUT2D eigenvalue weighted by atomic mass is 10.1. The summed E-state index contributed by atoms with van der Waals surface area (Å²) in [7, 11) is 0. The summed E-state index contributed by atoms with van der Waals surface area (Å²) in [6.45, 7) is -0.0891. The number of carbonyl (C=O) groups is 1. The summed E-state index contributed by atoms with van der Waals surface area (Å²) in [5, 5.41) is 8.66. The van der Waals surface area contributed by atoms with Gasteiger partial charge in [-0.1, -0.05) is 0 Å². The van der Waals surface area contributed by atoms with Gasteiger partial charge in [0.2, 0.25) is 5.82 Å². The molecule has 0 saturated heterocycles. The van der Waals surface area contributed by atoms with Crippen LogP contribution in [0, 0.1) is 40.4 Å². The van der Waals surface area contributed by atoms with E-state index >= 15 is 0 Å². The number of carbonyl (C=O) groups excluding carboxylic acids is 1. The maximum Gasteiger partial charge on any atom is 0.338 e. The number of hydrogen-bond donors (Lipinski definition) is 0. The number of halogens is 5. The summed E-state index contributed by atoms with van der Waals surface area (Å²) in [6.07, 6.45) is -0.166. The van der Waals surface area contributed by atoms with Gasteiger partial charge in [-0.3, -0.25) is 0 Å². The van der Waals surface area contributed by atoms with E-state index in [0.717, 1.165) is 0 Å². The molecule has 2 rings (SSSR count). The van der Waals surface area contributed by atoms with E-state index in [-0.39, 0.29) is 31.4 Å². The van der Waals surface area contributed by atoms with Crippen molar-refractivity contribution in [2.75, 3.05) is 6.61 Å². The summed E-state index contributed by atoms with van der Waals surface area (Å²) >= 11 is 0. The van der Waals surface area contributed by atoms with E-state index in [1.54, 1.807) is 0 Å². The van der Waals surface area contributed by atoms with Crippen LogP contribution in [0.25, 0.3) is 0 Å². The van der Waals surface area contributed by atoms with Crippen molar-refractivity contribution in [3.63, 3.8) is 0 Å². The summed E-state index contributed by atoms with van der Waals surface area (Å²) < 4.78 is 71.0. The van der Waals surface area contributed by atoms with E-state index in [2.05, 4.69) is 0 Å². The molecule has 0 N–H and O–H groups in total. The molecular formula is C18H12F5NO2. The number of benzene rings is 2. The minimum Gasteiger partial charge on any atom is -0.462 e. The van der Waals surface area contributed by atoms with Gasteiger partial charge in [0.1, 0.15) is 0 Å². The Bertz CT molecular complexity index is 830. The zero-order chi connectivity index (χ0) is 19.3. The van der Waals surface area contributed by atoms with Crippen LogP contribution in [0.3, 0.4) is 0 Å². The molecule has 0 atom stereocenters. The predicted octanol–water partition coefficient (Wildman–Crippen LogP) is 4.43. The zero-order valence-electron chi connectivity index (χ0n) is 13.3. The normalized spacial score (nSPS) is 10.5. The first-order valence-corrected chi connectivity index (χ1v) is 7.54. The van der Waals surface area contributed by atoms with E-state index in [1.165, 1.54) is 24.3 Å². The summed E-state index contributed by atoms with van der Waals surface area (Å²) in [5.41, 5.74) is -0.284. The third-order valence-electron chi connectivity index (χ3n) is 3.60. The van der Waals surface area contributed by atoms with E-state index in [1.807, 2.05) is 6.07 Å². The standard InChI is InChI=1S/C18H12F5NO2/c19-13-12(14(20)16(22)17(23)15(13)21)3-1-2-8-26-18(25)11-6-4-10(9-24)5-7-11/h4-7H,1-3,8H2. The Morgan fingerprint density at radius 2 is 1.42 bits per heavy atom. The lowest BCUT2D eigenvalue weighted by molar-refractivity contribution is 0.0498. The second-order valence-electron chi connectivity index (χ2n) is 5.33. The maximum atomic E-state index is 13.5. The zero-order valence-corrected chi connectivity index (χ0v) is 13.3. The number of nitriles is 1. The highest BCUT2D eigenvalue weighted by molar-refractivity contribution is 5.89. The molecule has 136 valence electrons. The summed E-state index contributed by atoms with van der Waals surface area (Å²) in [5.74, 6) is -10.5. The molecule has 0 radical (unpaired) electrons. The Morgan fingerprint density at radius 3 is 1.96 bits per heavy atom. The van der Waals surface area contributed by atoms with E-state index in [9.17, 15) is 26.7 Å². The quantitative estimate of drug-likeness (QED) is 0.249. The fraction of sp³-hybridized carbons (Fsp3) is 0.222. The minimum atomic E-state index is -2.19. The van der Waals surface area contributed by atoms with Crippen LogP contribution in [0.5, 0.6) is 0 Å². The van der Waals surface area contributed by atoms with Crippen LogP contribution in [0.4, 0.5) is 22.0 Å². The Kier molecular flexibility index (Phi) is 6.28. The van der Waals surface area contributed by atoms with Crippen LogP contribution in [0.15, 0.2) is 24.3 Å². The molecule has 0 saturated carbocycles. The molecule has 0 heterocycles. The average Bonchev–Trinajstić information content (AvgIpc) is 2.66. The highest BCUT2D eigenvalue weighted by Crippen LogP contribution is 2.24. The molecule has 0 aromatic heterocycles. The van der Waals surface area contributed by atoms with E-state index in [0.29, 0.717) is 5.56 Å². The van der Waals surface area contributed by atoms with Crippen molar-refractivity contribution in [1.82, 2.24) is 0 Å². The van der Waals surface area contributed by atoms with Crippen molar-refractivity contribution in [2.24, 2.45) is 0 Å². The monoisotopic (exact) mass is 369 g/mol. The van der Waals surface area contributed by atoms with Crippen LogP contribution in [0.2, 0.25) is 0 Å². The number of nitrogens with zero attached hydrogens (tertiary/aromatic N) is 1. The van der Waals surface area contributed by atoms with Crippen molar-refractivity contribution < 1.29 is 31.5 Å². The highest BCUT2D eigenvalue weighted by atomic mass is 19.2. The van der Waals surface area contributed by atoms with Gasteiger partial charge < -0.3 is 4.74 Å². The topological polar surface area (TPSA) is 50.1 Å². The minimum absolute atomic E-state index is 0.0546. The smallest absolute Gasteiger partial charge is 0.338 e. The Balaban J connectivity index is 1.86. The Morgan fingerprint density at radius 1 is 0.885 bits per heavy atom. The first kappa shape index (κ1) is 19.4. The summed E-state index contributed by atoms with van der Waals surface area (Å²) in [4.78, 5) is 11.7. The molecule has 0 aliphatic carbocycles. The van der Waals surface area contributed by atoms with Crippen LogP contribution in [0.1, 0.15) is 34.3 Å². The predicted molar refractivity (Wildman–Crippen MR) is 80.6 cm³/mol. The molecule has 26 heavy (non-hydrogen) atoms. The number of rotatable bonds is 6. The number of unbranched alkanes of at least 4 members (excludes halogenated alkanes) is 1. The first-order chi connectivity index (χ1) is 12.4. The van der Waals surface area contributed by atoms with Crippen molar-refractivity contribution in [3.05, 3.63) is 70.0 Å². The Labute approximate surface area is 145 Å². The molecule has 0 spiro atoms. The highest BCUT2D eigenvalue weighted by Gasteiger charge is 2.25. The second-order valence-corrected chi connectivity index (χ2v) is 5.33. The Hall–Kier alpha value is -2.95. The molecule has 0 unspecified atom stereocenters. The average molecular weight is 369 g/mol. The fourth-order valence-electron chi connectivity index (χ4n) is 2.20. The van der Waals surface area contributed by atoms with Gasteiger partial charge in [-0.2, -0.15) is 5.26 Å². The molecular weight excluding hydrogens is 357 g/mol. The van der Waals surface area contributed by atoms with Crippen LogP contribution in [-0.4, -0.2) is 12.6 Å². The van der Waals surface area contributed by atoms with E-state index in [4.69, 9.17) is 10.00 Å². The number of ether oxygens (including phenoxy) is 1.